The highest BCUT2D eigenvalue weighted by molar-refractivity contribution is 5.81. The number of methoxy groups -OCH3 is 1. The van der Waals surface area contributed by atoms with E-state index in [2.05, 4.69) is 10.3 Å². The number of nitro benzene ring substituents is 1. The summed E-state index contributed by atoms with van der Waals surface area (Å²) >= 11 is 0. The molecule has 0 spiro atoms. The number of carbonyl (C=O) groups excluding carboxylic acids is 2. The molecule has 28 heavy (non-hydrogen) atoms. The van der Waals surface area contributed by atoms with Crippen LogP contribution in [0, 0.1) is 10.1 Å². The van der Waals surface area contributed by atoms with Crippen LogP contribution in [0.2, 0.25) is 0 Å². The summed E-state index contributed by atoms with van der Waals surface area (Å²) in [7, 11) is 1.22. The van der Waals surface area contributed by atoms with Crippen molar-refractivity contribution < 1.29 is 24.0 Å². The number of benzene rings is 1. The molecule has 0 saturated heterocycles. The van der Waals surface area contributed by atoms with E-state index in [9.17, 15) is 19.7 Å². The fourth-order valence-corrected chi connectivity index (χ4v) is 2.35. The second kappa shape index (κ2) is 8.51. The number of alkyl carbamates (subject to hydrolysis) is 1. The van der Waals surface area contributed by atoms with Crippen molar-refractivity contribution in [2.24, 2.45) is 0 Å². The van der Waals surface area contributed by atoms with Gasteiger partial charge in [-0.15, -0.1) is 0 Å². The highest BCUT2D eigenvalue weighted by atomic mass is 16.6. The summed E-state index contributed by atoms with van der Waals surface area (Å²) in [6, 6.07) is 4.97. The Labute approximate surface area is 161 Å². The lowest BCUT2D eigenvalue weighted by atomic mass is 10.1. The number of nitro groups is 1. The zero-order valence-electron chi connectivity index (χ0n) is 16.0. The Kier molecular flexibility index (Phi) is 6.34. The molecule has 2 aromatic rings. The first-order chi connectivity index (χ1) is 13.1. The molecule has 150 valence electrons. The number of rotatable bonds is 6. The molecular formula is C18H22N4O6. The van der Waals surface area contributed by atoms with E-state index in [-0.39, 0.29) is 12.1 Å². The number of non-ortho nitro benzene ring substituents is 1. The van der Waals surface area contributed by atoms with E-state index in [1.165, 1.54) is 25.6 Å². The molecule has 2 rings (SSSR count). The molecule has 1 atom stereocenters. The topological polar surface area (TPSA) is 126 Å². The molecule has 10 nitrogen and oxygen atoms in total. The molecule has 0 saturated carbocycles. The molecule has 1 heterocycles. The van der Waals surface area contributed by atoms with Crippen LogP contribution in [-0.4, -0.2) is 45.3 Å². The van der Waals surface area contributed by atoms with Gasteiger partial charge in [0.15, 0.2) is 0 Å². The minimum atomic E-state index is -0.972. The smallest absolute Gasteiger partial charge is 0.408 e. The summed E-state index contributed by atoms with van der Waals surface area (Å²) in [6.45, 7) is 5.14. The third-order valence-corrected chi connectivity index (χ3v) is 3.58. The number of amides is 1. The number of nitrogens with zero attached hydrogens (tertiary/aromatic N) is 3. The fraction of sp³-hybridized carbons (Fsp3) is 0.389. The van der Waals surface area contributed by atoms with E-state index in [4.69, 9.17) is 9.47 Å². The van der Waals surface area contributed by atoms with Gasteiger partial charge in [0.25, 0.3) is 5.69 Å². The number of aromatic nitrogens is 2. The van der Waals surface area contributed by atoms with Crippen LogP contribution >= 0.6 is 0 Å². The molecule has 0 aliphatic rings. The third kappa shape index (κ3) is 5.79. The molecule has 0 bridgehead atoms. The van der Waals surface area contributed by atoms with Gasteiger partial charge >= 0.3 is 12.1 Å². The summed E-state index contributed by atoms with van der Waals surface area (Å²) in [6.07, 6.45) is 2.52. The standard InChI is InChI=1S/C18H22N4O6/c1-18(2,3)28-17(24)20-15(16(23)27-4)9-12-10-21(11-19-12)13-5-7-14(8-6-13)22(25)26/h5-8,10-11,15H,9H2,1-4H3,(H,20,24)/t15-/m0/s1. The molecule has 0 aliphatic carbocycles. The second-order valence-electron chi connectivity index (χ2n) is 6.97. The summed E-state index contributed by atoms with van der Waals surface area (Å²) in [5.41, 5.74) is 0.461. The molecule has 1 amide bonds. The molecule has 10 heteroatoms. The largest absolute Gasteiger partial charge is 0.467 e. The highest BCUT2D eigenvalue weighted by Gasteiger charge is 2.26. The van der Waals surface area contributed by atoms with E-state index in [0.717, 1.165) is 0 Å². The zero-order valence-corrected chi connectivity index (χ0v) is 16.0. The van der Waals surface area contributed by atoms with Gasteiger partial charge in [0.05, 0.1) is 24.1 Å². The third-order valence-electron chi connectivity index (χ3n) is 3.58. The quantitative estimate of drug-likeness (QED) is 0.456. The maximum Gasteiger partial charge on any atom is 0.408 e. The van der Waals surface area contributed by atoms with E-state index in [0.29, 0.717) is 11.4 Å². The Morgan fingerprint density at radius 1 is 1.29 bits per heavy atom. The molecular weight excluding hydrogens is 368 g/mol. The number of carbonyl (C=O) groups is 2. The number of ether oxygens (including phenoxy) is 2. The Morgan fingerprint density at radius 3 is 2.46 bits per heavy atom. The molecule has 1 aromatic carbocycles. The average Bonchev–Trinajstić information content (AvgIpc) is 3.07. The van der Waals surface area contributed by atoms with Crippen molar-refractivity contribution in [1.29, 1.82) is 0 Å². The van der Waals surface area contributed by atoms with Crippen LogP contribution in [0.4, 0.5) is 10.5 Å². The van der Waals surface area contributed by atoms with E-state index >= 15 is 0 Å². The van der Waals surface area contributed by atoms with Crippen LogP contribution in [0.5, 0.6) is 0 Å². The van der Waals surface area contributed by atoms with Crippen molar-refractivity contribution in [2.45, 2.75) is 38.8 Å². The van der Waals surface area contributed by atoms with Crippen LogP contribution in [-0.2, 0) is 20.7 Å². The fourth-order valence-electron chi connectivity index (χ4n) is 2.35. The van der Waals surface area contributed by atoms with Gasteiger partial charge in [-0.25, -0.2) is 14.6 Å². The number of hydrogen-bond donors (Lipinski definition) is 1. The minimum Gasteiger partial charge on any atom is -0.467 e. The number of nitrogens with one attached hydrogen (secondary N) is 1. The van der Waals surface area contributed by atoms with Gasteiger partial charge in [-0.1, -0.05) is 0 Å². The van der Waals surface area contributed by atoms with Gasteiger partial charge in [0.2, 0.25) is 0 Å². The van der Waals surface area contributed by atoms with Crippen LogP contribution in [0.1, 0.15) is 26.5 Å². The first-order valence-electron chi connectivity index (χ1n) is 8.44. The SMILES string of the molecule is COC(=O)[C@H](Cc1cn(-c2ccc([N+](=O)[O-])cc2)cn1)NC(=O)OC(C)(C)C. The predicted molar refractivity (Wildman–Crippen MR) is 99.1 cm³/mol. The van der Waals surface area contributed by atoms with Gasteiger partial charge in [-0.05, 0) is 32.9 Å². The normalized spacial score (nSPS) is 12.1. The van der Waals surface area contributed by atoms with Crippen molar-refractivity contribution in [3.05, 3.63) is 52.6 Å². The molecule has 0 aliphatic heterocycles. The van der Waals surface area contributed by atoms with E-state index in [1.54, 1.807) is 43.7 Å². The Balaban J connectivity index is 2.11. The van der Waals surface area contributed by atoms with Crippen LogP contribution in [0.25, 0.3) is 5.69 Å². The number of hydrogen-bond acceptors (Lipinski definition) is 7. The maximum atomic E-state index is 12.0. The Hall–Kier alpha value is -3.43. The van der Waals surface area contributed by atoms with Crippen molar-refractivity contribution in [2.75, 3.05) is 7.11 Å². The van der Waals surface area contributed by atoms with Gasteiger partial charge in [-0.3, -0.25) is 10.1 Å². The first-order valence-corrected chi connectivity index (χ1v) is 8.44. The number of imidazole rings is 1. The van der Waals surface area contributed by atoms with Crippen LogP contribution < -0.4 is 5.32 Å². The maximum absolute atomic E-state index is 12.0. The Morgan fingerprint density at radius 2 is 1.93 bits per heavy atom. The molecule has 0 unspecified atom stereocenters. The van der Waals surface area contributed by atoms with Crippen LogP contribution in [0.3, 0.4) is 0 Å². The van der Waals surface area contributed by atoms with Crippen molar-refractivity contribution >= 4 is 17.7 Å². The second-order valence-corrected chi connectivity index (χ2v) is 6.97. The van der Waals surface area contributed by atoms with Crippen molar-refractivity contribution in [1.82, 2.24) is 14.9 Å². The summed E-state index contributed by atoms with van der Waals surface area (Å²) in [5.74, 6) is -0.629. The van der Waals surface area contributed by atoms with E-state index in [1.807, 2.05) is 0 Å². The predicted octanol–water partition coefficient (Wildman–Crippen LogP) is 2.39. The first kappa shape index (κ1) is 20.9. The lowest BCUT2D eigenvalue weighted by molar-refractivity contribution is -0.384. The lowest BCUT2D eigenvalue weighted by Crippen LogP contribution is -2.45. The minimum absolute atomic E-state index is 0.0172. The average molecular weight is 390 g/mol. The lowest BCUT2D eigenvalue weighted by Gasteiger charge is -2.22. The van der Waals surface area contributed by atoms with Gasteiger partial charge in [-0.2, -0.15) is 0 Å². The molecule has 1 N–H and O–H groups in total. The van der Waals surface area contributed by atoms with Crippen molar-refractivity contribution in [3.63, 3.8) is 0 Å². The highest BCUT2D eigenvalue weighted by Crippen LogP contribution is 2.16. The monoisotopic (exact) mass is 390 g/mol. The molecule has 0 fully saturated rings. The number of esters is 1. The van der Waals surface area contributed by atoms with Crippen LogP contribution in [0.15, 0.2) is 36.8 Å². The van der Waals surface area contributed by atoms with Gasteiger partial charge < -0.3 is 19.4 Å². The van der Waals surface area contributed by atoms with Crippen molar-refractivity contribution in [3.8, 4) is 5.69 Å². The molecule has 0 radical (unpaired) electrons. The molecule has 1 aromatic heterocycles. The van der Waals surface area contributed by atoms with Gasteiger partial charge in [0.1, 0.15) is 11.6 Å². The summed E-state index contributed by atoms with van der Waals surface area (Å²) in [5, 5.41) is 13.2. The van der Waals surface area contributed by atoms with Gasteiger partial charge in [0, 0.05) is 30.4 Å². The summed E-state index contributed by atoms with van der Waals surface area (Å²) in [4.78, 5) is 38.5. The summed E-state index contributed by atoms with van der Waals surface area (Å²) < 4.78 is 11.6. The zero-order chi connectivity index (χ0) is 20.9. The Bertz CT molecular complexity index is 854. The van der Waals surface area contributed by atoms with E-state index < -0.39 is 28.6 Å².